The zero-order chi connectivity index (χ0) is 13.9. The SMILES string of the molecule is O=C1NCCc2ccc(NC(=O)[C@H]3CC=CCC3)cc21. The molecule has 1 heterocycles. The molecule has 2 amide bonds. The van der Waals surface area contributed by atoms with Gasteiger partial charge in [0.1, 0.15) is 0 Å². The van der Waals surface area contributed by atoms with Crippen molar-refractivity contribution in [2.75, 3.05) is 11.9 Å². The van der Waals surface area contributed by atoms with Crippen LogP contribution in [0.15, 0.2) is 30.4 Å². The number of rotatable bonds is 2. The molecule has 3 rings (SSSR count). The highest BCUT2D eigenvalue weighted by molar-refractivity contribution is 5.99. The van der Waals surface area contributed by atoms with Gasteiger partial charge in [0.15, 0.2) is 0 Å². The lowest BCUT2D eigenvalue weighted by Gasteiger charge is -2.19. The van der Waals surface area contributed by atoms with Gasteiger partial charge in [-0.25, -0.2) is 0 Å². The molecule has 0 fully saturated rings. The molecule has 2 N–H and O–H groups in total. The lowest BCUT2D eigenvalue weighted by atomic mass is 9.93. The Kier molecular flexibility index (Phi) is 3.54. The van der Waals surface area contributed by atoms with Crippen molar-refractivity contribution in [3.63, 3.8) is 0 Å². The molecule has 0 radical (unpaired) electrons. The molecule has 1 atom stereocenters. The van der Waals surface area contributed by atoms with Gasteiger partial charge >= 0.3 is 0 Å². The predicted molar refractivity (Wildman–Crippen MR) is 77.6 cm³/mol. The van der Waals surface area contributed by atoms with Crippen molar-refractivity contribution in [2.45, 2.75) is 25.7 Å². The van der Waals surface area contributed by atoms with Crippen LogP contribution in [0.2, 0.25) is 0 Å². The van der Waals surface area contributed by atoms with E-state index >= 15 is 0 Å². The number of amides is 2. The van der Waals surface area contributed by atoms with E-state index in [1.165, 1.54) is 0 Å². The maximum absolute atomic E-state index is 12.2. The summed E-state index contributed by atoms with van der Waals surface area (Å²) in [5.74, 6) is 0.0401. The molecule has 1 aromatic rings. The summed E-state index contributed by atoms with van der Waals surface area (Å²) < 4.78 is 0. The number of hydrogen-bond acceptors (Lipinski definition) is 2. The molecular formula is C16H18N2O2. The van der Waals surface area contributed by atoms with Crippen LogP contribution in [0.3, 0.4) is 0 Å². The first kappa shape index (κ1) is 12.9. The minimum absolute atomic E-state index is 0.0462. The fraction of sp³-hybridized carbons (Fsp3) is 0.375. The smallest absolute Gasteiger partial charge is 0.251 e. The van der Waals surface area contributed by atoms with Crippen LogP contribution in [0.4, 0.5) is 5.69 Å². The molecule has 0 bridgehead atoms. The van der Waals surface area contributed by atoms with Crippen LogP contribution < -0.4 is 10.6 Å². The standard InChI is InChI=1S/C16H18N2O2/c19-15(12-4-2-1-3-5-12)18-13-7-6-11-8-9-17-16(20)14(11)10-13/h1-2,6-7,10,12H,3-5,8-9H2,(H,17,20)(H,18,19)/t12-/m0/s1. The van der Waals surface area contributed by atoms with Gasteiger partial charge in [-0.15, -0.1) is 0 Å². The summed E-state index contributed by atoms with van der Waals surface area (Å²) in [6.45, 7) is 0.686. The summed E-state index contributed by atoms with van der Waals surface area (Å²) in [5.41, 5.74) is 2.44. The van der Waals surface area contributed by atoms with E-state index < -0.39 is 0 Å². The van der Waals surface area contributed by atoms with E-state index in [0.717, 1.165) is 31.2 Å². The van der Waals surface area contributed by atoms with E-state index in [4.69, 9.17) is 0 Å². The highest BCUT2D eigenvalue weighted by atomic mass is 16.2. The molecule has 1 aromatic carbocycles. The Hall–Kier alpha value is -2.10. The van der Waals surface area contributed by atoms with Gasteiger partial charge in [0, 0.05) is 23.7 Å². The van der Waals surface area contributed by atoms with Crippen LogP contribution in [-0.4, -0.2) is 18.4 Å². The van der Waals surface area contributed by atoms with Crippen molar-refractivity contribution in [2.24, 2.45) is 5.92 Å². The fourth-order valence-electron chi connectivity index (χ4n) is 2.77. The number of fused-ring (bicyclic) bond motifs is 1. The summed E-state index contributed by atoms with van der Waals surface area (Å²) in [6, 6.07) is 5.60. The summed E-state index contributed by atoms with van der Waals surface area (Å²) in [4.78, 5) is 24.0. The number of allylic oxidation sites excluding steroid dienone is 2. The van der Waals surface area contributed by atoms with Crippen molar-refractivity contribution in [3.8, 4) is 0 Å². The van der Waals surface area contributed by atoms with Crippen molar-refractivity contribution in [1.82, 2.24) is 5.32 Å². The Morgan fingerprint density at radius 1 is 1.30 bits per heavy atom. The third kappa shape index (κ3) is 2.59. The van der Waals surface area contributed by atoms with E-state index in [0.29, 0.717) is 17.8 Å². The Balaban J connectivity index is 1.74. The van der Waals surface area contributed by atoms with Crippen LogP contribution in [0.5, 0.6) is 0 Å². The molecule has 0 unspecified atom stereocenters. The summed E-state index contributed by atoms with van der Waals surface area (Å²) >= 11 is 0. The lowest BCUT2D eigenvalue weighted by molar-refractivity contribution is -0.120. The van der Waals surface area contributed by atoms with Gasteiger partial charge in [-0.3, -0.25) is 9.59 Å². The van der Waals surface area contributed by atoms with Crippen molar-refractivity contribution in [3.05, 3.63) is 41.5 Å². The van der Waals surface area contributed by atoms with Crippen molar-refractivity contribution in [1.29, 1.82) is 0 Å². The van der Waals surface area contributed by atoms with Crippen LogP contribution in [0.1, 0.15) is 35.2 Å². The molecule has 0 saturated heterocycles. The topological polar surface area (TPSA) is 58.2 Å². The Bertz CT molecular complexity index is 578. The number of anilines is 1. The van der Waals surface area contributed by atoms with E-state index in [1.807, 2.05) is 12.1 Å². The van der Waals surface area contributed by atoms with Gasteiger partial charge in [-0.05, 0) is 43.4 Å². The molecular weight excluding hydrogens is 252 g/mol. The molecule has 0 aromatic heterocycles. The minimum Gasteiger partial charge on any atom is -0.352 e. The van der Waals surface area contributed by atoms with Crippen LogP contribution in [0, 0.1) is 5.92 Å². The Morgan fingerprint density at radius 3 is 3.00 bits per heavy atom. The zero-order valence-electron chi connectivity index (χ0n) is 11.3. The number of carbonyl (C=O) groups is 2. The molecule has 1 aliphatic carbocycles. The molecule has 0 spiro atoms. The quantitative estimate of drug-likeness (QED) is 0.810. The minimum atomic E-state index is -0.0528. The lowest BCUT2D eigenvalue weighted by Crippen LogP contribution is -2.32. The van der Waals surface area contributed by atoms with Gasteiger partial charge in [0.05, 0.1) is 0 Å². The van der Waals surface area contributed by atoms with E-state index in [-0.39, 0.29) is 17.7 Å². The number of benzene rings is 1. The second kappa shape index (κ2) is 5.49. The second-order valence-electron chi connectivity index (χ2n) is 5.35. The van der Waals surface area contributed by atoms with Gasteiger partial charge in [-0.2, -0.15) is 0 Å². The molecule has 104 valence electrons. The van der Waals surface area contributed by atoms with Gasteiger partial charge in [0.25, 0.3) is 5.91 Å². The van der Waals surface area contributed by atoms with E-state index in [1.54, 1.807) is 6.07 Å². The van der Waals surface area contributed by atoms with E-state index in [9.17, 15) is 9.59 Å². The molecule has 20 heavy (non-hydrogen) atoms. The van der Waals surface area contributed by atoms with Crippen LogP contribution in [-0.2, 0) is 11.2 Å². The van der Waals surface area contributed by atoms with Crippen molar-refractivity contribution < 1.29 is 9.59 Å². The average Bonchev–Trinajstić information content (AvgIpc) is 2.49. The predicted octanol–water partition coefficient (Wildman–Crippen LogP) is 2.27. The second-order valence-corrected chi connectivity index (χ2v) is 5.35. The monoisotopic (exact) mass is 270 g/mol. The number of nitrogens with one attached hydrogen (secondary N) is 2. The van der Waals surface area contributed by atoms with Crippen LogP contribution >= 0.6 is 0 Å². The highest BCUT2D eigenvalue weighted by Gasteiger charge is 2.20. The third-order valence-corrected chi connectivity index (χ3v) is 3.94. The van der Waals surface area contributed by atoms with E-state index in [2.05, 4.69) is 22.8 Å². The fourth-order valence-corrected chi connectivity index (χ4v) is 2.77. The largest absolute Gasteiger partial charge is 0.352 e. The molecule has 0 saturated carbocycles. The molecule has 4 nitrogen and oxygen atoms in total. The average molecular weight is 270 g/mol. The van der Waals surface area contributed by atoms with Gasteiger partial charge in [0.2, 0.25) is 5.91 Å². The van der Waals surface area contributed by atoms with Crippen LogP contribution in [0.25, 0.3) is 0 Å². The first-order valence-electron chi connectivity index (χ1n) is 7.11. The maximum atomic E-state index is 12.2. The zero-order valence-corrected chi connectivity index (χ0v) is 11.3. The Morgan fingerprint density at radius 2 is 2.20 bits per heavy atom. The molecule has 1 aliphatic heterocycles. The normalized spacial score (nSPS) is 21.0. The summed E-state index contributed by atoms with van der Waals surface area (Å²) in [5, 5.41) is 5.75. The Labute approximate surface area is 118 Å². The number of carbonyl (C=O) groups excluding carboxylic acids is 2. The number of hydrogen-bond donors (Lipinski definition) is 2. The third-order valence-electron chi connectivity index (χ3n) is 3.94. The first-order chi connectivity index (χ1) is 9.74. The summed E-state index contributed by atoms with van der Waals surface area (Å²) in [6.07, 6.45) is 7.69. The van der Waals surface area contributed by atoms with Gasteiger partial charge < -0.3 is 10.6 Å². The highest BCUT2D eigenvalue weighted by Crippen LogP contribution is 2.22. The first-order valence-corrected chi connectivity index (χ1v) is 7.11. The molecule has 2 aliphatic rings. The molecule has 4 heteroatoms. The van der Waals surface area contributed by atoms with Crippen molar-refractivity contribution >= 4 is 17.5 Å². The maximum Gasteiger partial charge on any atom is 0.251 e. The van der Waals surface area contributed by atoms with Gasteiger partial charge in [-0.1, -0.05) is 18.2 Å². The summed E-state index contributed by atoms with van der Waals surface area (Å²) in [7, 11) is 0.